The first-order valence-corrected chi connectivity index (χ1v) is 6.26. The number of hydrogen-bond donors (Lipinski definition) is 2. The highest BCUT2D eigenvalue weighted by molar-refractivity contribution is 9.11. The molecular formula is C9H10BrF3N2OS. The Morgan fingerprint density at radius 2 is 2.12 bits per heavy atom. The van der Waals surface area contributed by atoms with Crippen molar-refractivity contribution in [3.05, 3.63) is 20.8 Å². The van der Waals surface area contributed by atoms with Gasteiger partial charge in [-0.15, -0.1) is 11.3 Å². The van der Waals surface area contributed by atoms with E-state index in [1.165, 1.54) is 11.3 Å². The zero-order valence-corrected chi connectivity index (χ0v) is 11.0. The van der Waals surface area contributed by atoms with Gasteiger partial charge in [-0.1, -0.05) is 0 Å². The van der Waals surface area contributed by atoms with Gasteiger partial charge in [0.1, 0.15) is 6.54 Å². The molecule has 8 heteroatoms. The van der Waals surface area contributed by atoms with Crippen LogP contribution in [0.15, 0.2) is 15.9 Å². The number of nitrogens with one attached hydrogen (secondary N) is 2. The van der Waals surface area contributed by atoms with Gasteiger partial charge < -0.3 is 10.6 Å². The maximum absolute atomic E-state index is 11.8. The molecule has 0 unspecified atom stereocenters. The second-order valence-corrected chi connectivity index (χ2v) is 5.75. The number of hydrogen-bond acceptors (Lipinski definition) is 3. The van der Waals surface area contributed by atoms with Crippen LogP contribution >= 0.6 is 27.3 Å². The van der Waals surface area contributed by atoms with Crippen LogP contribution in [-0.4, -0.2) is 25.2 Å². The molecule has 1 heterocycles. The van der Waals surface area contributed by atoms with Gasteiger partial charge in [0, 0.05) is 11.4 Å². The molecular weight excluding hydrogens is 321 g/mol. The van der Waals surface area contributed by atoms with E-state index in [1.54, 1.807) is 5.32 Å². The third kappa shape index (κ3) is 6.64. The normalized spacial score (nSPS) is 11.5. The summed E-state index contributed by atoms with van der Waals surface area (Å²) < 4.78 is 36.3. The number of carbonyl (C=O) groups is 1. The Morgan fingerprint density at radius 3 is 2.65 bits per heavy atom. The average Bonchev–Trinajstić information content (AvgIpc) is 2.60. The molecule has 96 valence electrons. The Kier molecular flexibility index (Phi) is 5.41. The molecule has 0 aliphatic carbocycles. The number of carbonyl (C=O) groups excluding carboxylic acids is 1. The summed E-state index contributed by atoms with van der Waals surface area (Å²) in [7, 11) is 0. The number of rotatable bonds is 5. The van der Waals surface area contributed by atoms with E-state index in [1.807, 2.05) is 12.1 Å². The van der Waals surface area contributed by atoms with Crippen molar-refractivity contribution < 1.29 is 18.0 Å². The Morgan fingerprint density at radius 1 is 1.41 bits per heavy atom. The van der Waals surface area contributed by atoms with Gasteiger partial charge in [-0.2, -0.15) is 13.2 Å². The van der Waals surface area contributed by atoms with Gasteiger partial charge in [0.25, 0.3) is 0 Å². The summed E-state index contributed by atoms with van der Waals surface area (Å²) in [5.41, 5.74) is 0. The molecule has 0 aliphatic heterocycles. The third-order valence-corrected chi connectivity index (χ3v) is 3.32. The molecule has 0 fully saturated rings. The second kappa shape index (κ2) is 6.36. The lowest BCUT2D eigenvalue weighted by molar-refractivity contribution is -0.137. The van der Waals surface area contributed by atoms with Crippen molar-refractivity contribution in [2.75, 3.05) is 13.1 Å². The SMILES string of the molecule is O=C(CNCc1ccc(Br)s1)NCC(F)(F)F. The zero-order valence-electron chi connectivity index (χ0n) is 8.60. The van der Waals surface area contributed by atoms with Gasteiger partial charge in [-0.25, -0.2) is 0 Å². The molecule has 0 saturated carbocycles. The Labute approximate surface area is 109 Å². The smallest absolute Gasteiger partial charge is 0.346 e. The van der Waals surface area contributed by atoms with E-state index in [4.69, 9.17) is 0 Å². The Hall–Kier alpha value is -0.600. The molecule has 0 atom stereocenters. The van der Waals surface area contributed by atoms with Gasteiger partial charge in [0.15, 0.2) is 0 Å². The van der Waals surface area contributed by atoms with Crippen molar-refractivity contribution in [3.63, 3.8) is 0 Å². The van der Waals surface area contributed by atoms with Crippen molar-refractivity contribution in [2.45, 2.75) is 12.7 Å². The van der Waals surface area contributed by atoms with E-state index in [0.717, 1.165) is 8.66 Å². The van der Waals surface area contributed by atoms with Crippen LogP contribution in [0.2, 0.25) is 0 Å². The summed E-state index contributed by atoms with van der Waals surface area (Å²) in [5.74, 6) is -0.669. The fourth-order valence-corrected chi connectivity index (χ4v) is 2.46. The van der Waals surface area contributed by atoms with Crippen molar-refractivity contribution in [3.8, 4) is 0 Å². The minimum absolute atomic E-state index is 0.133. The number of alkyl halides is 3. The predicted octanol–water partition coefficient (Wildman–Crippen LogP) is 2.28. The van der Waals surface area contributed by atoms with Gasteiger partial charge in [0.2, 0.25) is 5.91 Å². The van der Waals surface area contributed by atoms with E-state index in [-0.39, 0.29) is 6.54 Å². The summed E-state index contributed by atoms with van der Waals surface area (Å²) in [6, 6.07) is 3.74. The largest absolute Gasteiger partial charge is 0.405 e. The molecule has 1 rings (SSSR count). The molecule has 1 aromatic rings. The first-order valence-electron chi connectivity index (χ1n) is 4.65. The van der Waals surface area contributed by atoms with Gasteiger partial charge in [-0.05, 0) is 28.1 Å². The molecule has 0 aromatic carbocycles. The highest BCUT2D eigenvalue weighted by Crippen LogP contribution is 2.21. The number of halogens is 4. The fraction of sp³-hybridized carbons (Fsp3) is 0.444. The van der Waals surface area contributed by atoms with E-state index < -0.39 is 18.6 Å². The van der Waals surface area contributed by atoms with Crippen LogP contribution < -0.4 is 10.6 Å². The second-order valence-electron chi connectivity index (χ2n) is 3.20. The topological polar surface area (TPSA) is 41.1 Å². The fourth-order valence-electron chi connectivity index (χ4n) is 1.01. The molecule has 17 heavy (non-hydrogen) atoms. The molecule has 3 nitrogen and oxygen atoms in total. The number of thiophene rings is 1. The summed E-state index contributed by atoms with van der Waals surface area (Å²) in [6.45, 7) is -0.973. The molecule has 2 N–H and O–H groups in total. The number of amides is 1. The van der Waals surface area contributed by atoms with Gasteiger partial charge in [-0.3, -0.25) is 4.79 Å². The Bertz CT molecular complexity index is 381. The van der Waals surface area contributed by atoms with Crippen LogP contribution in [0.4, 0.5) is 13.2 Å². The van der Waals surface area contributed by atoms with Crippen LogP contribution in [0.5, 0.6) is 0 Å². The zero-order chi connectivity index (χ0) is 12.9. The molecule has 1 amide bonds. The molecule has 1 aromatic heterocycles. The minimum Gasteiger partial charge on any atom is -0.346 e. The average molecular weight is 331 g/mol. The van der Waals surface area contributed by atoms with Crippen LogP contribution in [0.3, 0.4) is 0 Å². The summed E-state index contributed by atoms with van der Waals surface area (Å²) >= 11 is 4.79. The molecule has 0 aliphatic rings. The van der Waals surface area contributed by atoms with Crippen molar-refractivity contribution in [1.29, 1.82) is 0 Å². The first-order chi connectivity index (χ1) is 7.87. The third-order valence-electron chi connectivity index (χ3n) is 1.70. The lowest BCUT2D eigenvalue weighted by atomic mass is 10.4. The van der Waals surface area contributed by atoms with Crippen molar-refractivity contribution in [1.82, 2.24) is 10.6 Å². The highest BCUT2D eigenvalue weighted by atomic mass is 79.9. The first kappa shape index (κ1) is 14.5. The maximum atomic E-state index is 11.8. The molecule has 0 saturated heterocycles. The van der Waals surface area contributed by atoms with Crippen LogP contribution in [0, 0.1) is 0 Å². The highest BCUT2D eigenvalue weighted by Gasteiger charge is 2.27. The van der Waals surface area contributed by atoms with E-state index in [9.17, 15) is 18.0 Å². The van der Waals surface area contributed by atoms with Crippen LogP contribution in [0.1, 0.15) is 4.88 Å². The van der Waals surface area contributed by atoms with Gasteiger partial charge >= 0.3 is 6.18 Å². The maximum Gasteiger partial charge on any atom is 0.405 e. The summed E-state index contributed by atoms with van der Waals surface area (Å²) in [6.07, 6.45) is -4.37. The Balaban J connectivity index is 2.16. The molecule has 0 bridgehead atoms. The van der Waals surface area contributed by atoms with Gasteiger partial charge in [0.05, 0.1) is 10.3 Å². The predicted molar refractivity (Wildman–Crippen MR) is 62.8 cm³/mol. The van der Waals surface area contributed by atoms with E-state index in [2.05, 4.69) is 21.2 Å². The standard InChI is InChI=1S/C9H10BrF3N2OS/c10-7-2-1-6(17-7)3-14-4-8(16)15-5-9(11,12)13/h1-2,14H,3-5H2,(H,15,16). The van der Waals surface area contributed by atoms with Crippen molar-refractivity contribution in [2.24, 2.45) is 0 Å². The van der Waals surface area contributed by atoms with Crippen molar-refractivity contribution >= 4 is 33.2 Å². The quantitative estimate of drug-likeness (QED) is 0.869. The molecule has 0 spiro atoms. The lowest BCUT2D eigenvalue weighted by Gasteiger charge is -2.08. The van der Waals surface area contributed by atoms with E-state index in [0.29, 0.717) is 6.54 Å². The molecule has 0 radical (unpaired) electrons. The lowest BCUT2D eigenvalue weighted by Crippen LogP contribution is -2.39. The van der Waals surface area contributed by atoms with Crippen LogP contribution in [0.25, 0.3) is 0 Å². The van der Waals surface area contributed by atoms with Crippen LogP contribution in [-0.2, 0) is 11.3 Å². The van der Waals surface area contributed by atoms with E-state index >= 15 is 0 Å². The monoisotopic (exact) mass is 330 g/mol. The summed E-state index contributed by atoms with van der Waals surface area (Å²) in [5, 5.41) is 4.54. The summed E-state index contributed by atoms with van der Waals surface area (Å²) in [4.78, 5) is 12.0. The minimum atomic E-state index is -4.37.